The van der Waals surface area contributed by atoms with Gasteiger partial charge in [0.15, 0.2) is 11.6 Å². The van der Waals surface area contributed by atoms with Gasteiger partial charge in [-0.25, -0.2) is 9.18 Å². The molecule has 5 nitrogen and oxygen atoms in total. The van der Waals surface area contributed by atoms with E-state index in [4.69, 9.17) is 14.2 Å². The normalized spacial score (nSPS) is 10.8. The SMILES string of the molecule is COc1cc(F)c(OC(=O)NC(C)(C)C)c(OC)c1. The van der Waals surface area contributed by atoms with E-state index in [2.05, 4.69) is 5.32 Å². The van der Waals surface area contributed by atoms with Crippen molar-refractivity contribution < 1.29 is 23.4 Å². The molecule has 0 saturated heterocycles. The van der Waals surface area contributed by atoms with Gasteiger partial charge in [-0.1, -0.05) is 0 Å². The number of halogens is 1. The van der Waals surface area contributed by atoms with E-state index >= 15 is 0 Å². The first-order valence-corrected chi connectivity index (χ1v) is 5.68. The van der Waals surface area contributed by atoms with Crippen LogP contribution in [0.2, 0.25) is 0 Å². The van der Waals surface area contributed by atoms with Gasteiger partial charge in [0.25, 0.3) is 0 Å². The minimum atomic E-state index is -0.755. The molecule has 0 saturated carbocycles. The van der Waals surface area contributed by atoms with E-state index in [1.807, 2.05) is 0 Å². The van der Waals surface area contributed by atoms with Crippen molar-refractivity contribution in [3.05, 3.63) is 17.9 Å². The minimum absolute atomic E-state index is 0.0842. The molecule has 0 aromatic heterocycles. The summed E-state index contributed by atoms with van der Waals surface area (Å²) < 4.78 is 28.6. The summed E-state index contributed by atoms with van der Waals surface area (Å²) >= 11 is 0. The van der Waals surface area contributed by atoms with Gasteiger partial charge >= 0.3 is 6.09 Å². The number of nitrogens with one attached hydrogen (secondary N) is 1. The lowest BCUT2D eigenvalue weighted by atomic mass is 10.1. The average molecular weight is 271 g/mol. The molecular formula is C13H18FNO4. The summed E-state index contributed by atoms with van der Waals surface area (Å²) in [4.78, 5) is 11.6. The molecule has 0 bridgehead atoms. The summed E-state index contributed by atoms with van der Waals surface area (Å²) in [6.45, 7) is 5.36. The summed E-state index contributed by atoms with van der Waals surface area (Å²) in [6, 6.07) is 2.55. The van der Waals surface area contributed by atoms with Gasteiger partial charge in [-0.2, -0.15) is 0 Å². The highest BCUT2D eigenvalue weighted by atomic mass is 19.1. The van der Waals surface area contributed by atoms with E-state index < -0.39 is 17.4 Å². The number of rotatable bonds is 3. The molecule has 1 amide bonds. The van der Waals surface area contributed by atoms with Crippen molar-refractivity contribution in [3.63, 3.8) is 0 Å². The highest BCUT2D eigenvalue weighted by Gasteiger charge is 2.20. The average Bonchev–Trinajstić information content (AvgIpc) is 2.29. The van der Waals surface area contributed by atoms with Gasteiger partial charge in [0.2, 0.25) is 5.75 Å². The molecule has 1 aromatic rings. The predicted octanol–water partition coefficient (Wildman–Crippen LogP) is 2.73. The minimum Gasteiger partial charge on any atom is -0.497 e. The Labute approximate surface area is 111 Å². The molecule has 0 spiro atoms. The Hall–Kier alpha value is -1.98. The maximum atomic E-state index is 13.8. The van der Waals surface area contributed by atoms with Crippen molar-refractivity contribution in [2.45, 2.75) is 26.3 Å². The van der Waals surface area contributed by atoms with Crippen molar-refractivity contribution in [2.75, 3.05) is 14.2 Å². The molecule has 1 aromatic carbocycles. The fourth-order valence-electron chi connectivity index (χ4n) is 1.34. The quantitative estimate of drug-likeness (QED) is 0.918. The van der Waals surface area contributed by atoms with Gasteiger partial charge in [-0.3, -0.25) is 0 Å². The van der Waals surface area contributed by atoms with Gasteiger partial charge < -0.3 is 19.5 Å². The molecule has 0 aliphatic heterocycles. The molecule has 1 rings (SSSR count). The number of benzene rings is 1. The number of methoxy groups -OCH3 is 2. The summed E-state index contributed by atoms with van der Waals surface area (Å²) in [5, 5.41) is 2.56. The van der Waals surface area contributed by atoms with Crippen LogP contribution in [0.25, 0.3) is 0 Å². The maximum Gasteiger partial charge on any atom is 0.413 e. The van der Waals surface area contributed by atoms with Crippen LogP contribution >= 0.6 is 0 Å². The monoisotopic (exact) mass is 271 g/mol. The lowest BCUT2D eigenvalue weighted by Crippen LogP contribution is -2.42. The molecule has 6 heteroatoms. The number of carbonyl (C=O) groups is 1. The molecule has 0 unspecified atom stereocenters. The third-order valence-corrected chi connectivity index (χ3v) is 2.11. The van der Waals surface area contributed by atoms with Crippen molar-refractivity contribution in [2.24, 2.45) is 0 Å². The molecule has 1 N–H and O–H groups in total. The van der Waals surface area contributed by atoms with E-state index in [1.54, 1.807) is 20.8 Å². The zero-order valence-corrected chi connectivity index (χ0v) is 11.7. The Bertz CT molecular complexity index is 468. The van der Waals surface area contributed by atoms with Crippen molar-refractivity contribution in [1.29, 1.82) is 0 Å². The molecule has 106 valence electrons. The molecule has 0 radical (unpaired) electrons. The first-order chi connectivity index (χ1) is 8.76. The summed E-state index contributed by atoms with van der Waals surface area (Å²) in [5.74, 6) is -0.649. The van der Waals surface area contributed by atoms with Crippen LogP contribution in [0.3, 0.4) is 0 Å². The fourth-order valence-corrected chi connectivity index (χ4v) is 1.34. The van der Waals surface area contributed by atoms with E-state index in [1.165, 1.54) is 20.3 Å². The van der Waals surface area contributed by atoms with Crippen LogP contribution in [0.5, 0.6) is 17.2 Å². The Balaban J connectivity index is 2.97. The van der Waals surface area contributed by atoms with Crippen molar-refractivity contribution in [3.8, 4) is 17.2 Å². The molecule has 0 atom stereocenters. The summed E-state index contributed by atoms with van der Waals surface area (Å²) in [6.07, 6.45) is -0.755. The standard InChI is InChI=1S/C13H18FNO4/c1-13(2,3)15-12(16)19-11-9(14)6-8(17-4)7-10(11)18-5/h6-7H,1-5H3,(H,15,16). The topological polar surface area (TPSA) is 56.8 Å². The Morgan fingerprint density at radius 3 is 2.32 bits per heavy atom. The van der Waals surface area contributed by atoms with Crippen LogP contribution in [-0.2, 0) is 0 Å². The van der Waals surface area contributed by atoms with Crippen LogP contribution in [0.1, 0.15) is 20.8 Å². The van der Waals surface area contributed by atoms with Crippen LogP contribution in [-0.4, -0.2) is 25.9 Å². The summed E-state index contributed by atoms with van der Waals surface area (Å²) in [7, 11) is 2.75. The number of hydrogen-bond acceptors (Lipinski definition) is 4. The molecular weight excluding hydrogens is 253 g/mol. The third kappa shape index (κ3) is 4.31. The van der Waals surface area contributed by atoms with Crippen LogP contribution in [0.15, 0.2) is 12.1 Å². The second kappa shape index (κ2) is 5.77. The van der Waals surface area contributed by atoms with Crippen molar-refractivity contribution >= 4 is 6.09 Å². The zero-order valence-electron chi connectivity index (χ0n) is 11.7. The zero-order chi connectivity index (χ0) is 14.6. The van der Waals surface area contributed by atoms with Crippen LogP contribution in [0.4, 0.5) is 9.18 Å². The first kappa shape index (κ1) is 15.1. The lowest BCUT2D eigenvalue weighted by Gasteiger charge is -2.20. The predicted molar refractivity (Wildman–Crippen MR) is 68.4 cm³/mol. The van der Waals surface area contributed by atoms with Crippen molar-refractivity contribution in [1.82, 2.24) is 5.32 Å². The number of carbonyl (C=O) groups excluding carboxylic acids is 1. The molecule has 0 fully saturated rings. The largest absolute Gasteiger partial charge is 0.497 e. The second-order valence-corrected chi connectivity index (χ2v) is 4.91. The number of hydrogen-bond donors (Lipinski definition) is 1. The van der Waals surface area contributed by atoms with Gasteiger partial charge in [0, 0.05) is 17.7 Å². The third-order valence-electron chi connectivity index (χ3n) is 2.11. The summed E-state index contributed by atoms with van der Waals surface area (Å²) in [5.41, 5.74) is -0.479. The molecule has 19 heavy (non-hydrogen) atoms. The fraction of sp³-hybridized carbons (Fsp3) is 0.462. The second-order valence-electron chi connectivity index (χ2n) is 4.91. The molecule has 0 aliphatic carbocycles. The van der Waals surface area contributed by atoms with Gasteiger partial charge in [0.1, 0.15) is 5.75 Å². The Morgan fingerprint density at radius 1 is 1.21 bits per heavy atom. The Morgan fingerprint density at radius 2 is 1.84 bits per heavy atom. The van der Waals surface area contributed by atoms with E-state index in [9.17, 15) is 9.18 Å². The van der Waals surface area contributed by atoms with E-state index in [0.29, 0.717) is 0 Å². The Kier molecular flexibility index (Phi) is 4.58. The van der Waals surface area contributed by atoms with Gasteiger partial charge in [-0.05, 0) is 20.8 Å². The number of ether oxygens (including phenoxy) is 3. The van der Waals surface area contributed by atoms with Crippen LogP contribution < -0.4 is 19.5 Å². The lowest BCUT2D eigenvalue weighted by molar-refractivity contribution is 0.186. The first-order valence-electron chi connectivity index (χ1n) is 5.68. The van der Waals surface area contributed by atoms with E-state index in [0.717, 1.165) is 6.07 Å². The molecule has 0 heterocycles. The number of amides is 1. The molecule has 0 aliphatic rings. The van der Waals surface area contributed by atoms with Gasteiger partial charge in [0.05, 0.1) is 14.2 Å². The van der Waals surface area contributed by atoms with Gasteiger partial charge in [-0.15, -0.1) is 0 Å². The highest BCUT2D eigenvalue weighted by Crippen LogP contribution is 2.34. The van der Waals surface area contributed by atoms with E-state index in [-0.39, 0.29) is 17.2 Å². The highest BCUT2D eigenvalue weighted by molar-refractivity contribution is 5.72. The maximum absolute atomic E-state index is 13.8. The van der Waals surface area contributed by atoms with Crippen LogP contribution in [0, 0.1) is 5.82 Å². The smallest absolute Gasteiger partial charge is 0.413 e.